The number of imide groups is 1. The SMILES string of the molecule is CCCCC(=O)OC(C)c1ccc(CCOc2ccc(C[C@]3(C)SC(=O)NC3=O)cc2)nc1. The van der Waals surface area contributed by atoms with Crippen LogP contribution in [0.3, 0.4) is 0 Å². The molecule has 2 heterocycles. The first-order valence-electron chi connectivity index (χ1n) is 11.2. The van der Waals surface area contributed by atoms with Crippen molar-refractivity contribution in [2.75, 3.05) is 6.61 Å². The lowest BCUT2D eigenvalue weighted by Gasteiger charge is -2.18. The number of hydrogen-bond acceptors (Lipinski definition) is 7. The van der Waals surface area contributed by atoms with Crippen molar-refractivity contribution in [1.82, 2.24) is 10.3 Å². The number of carbonyl (C=O) groups excluding carboxylic acids is 3. The van der Waals surface area contributed by atoms with Gasteiger partial charge in [0.1, 0.15) is 16.6 Å². The fourth-order valence-electron chi connectivity index (χ4n) is 3.45. The Hall–Kier alpha value is -2.87. The number of esters is 1. The molecule has 1 fully saturated rings. The molecule has 2 amide bonds. The summed E-state index contributed by atoms with van der Waals surface area (Å²) in [5.41, 5.74) is 2.72. The lowest BCUT2D eigenvalue weighted by Crippen LogP contribution is -2.35. The molecule has 1 saturated heterocycles. The highest BCUT2D eigenvalue weighted by atomic mass is 32.2. The lowest BCUT2D eigenvalue weighted by atomic mass is 9.99. The summed E-state index contributed by atoms with van der Waals surface area (Å²) < 4.78 is 10.5. The number of benzene rings is 1. The normalized spacial score (nSPS) is 18.6. The van der Waals surface area contributed by atoms with Crippen LogP contribution >= 0.6 is 11.8 Å². The highest BCUT2D eigenvalue weighted by molar-refractivity contribution is 8.16. The van der Waals surface area contributed by atoms with Crippen molar-refractivity contribution < 1.29 is 23.9 Å². The number of unbranched alkanes of at least 4 members (excludes halogenated alkanes) is 1. The number of aromatic nitrogens is 1. The number of carbonyl (C=O) groups is 3. The molecule has 1 unspecified atom stereocenters. The van der Waals surface area contributed by atoms with Crippen LogP contribution in [0.2, 0.25) is 0 Å². The Balaban J connectivity index is 1.44. The summed E-state index contributed by atoms with van der Waals surface area (Å²) in [7, 11) is 0. The molecule has 0 aliphatic carbocycles. The van der Waals surface area contributed by atoms with Crippen molar-refractivity contribution in [2.45, 2.75) is 63.7 Å². The van der Waals surface area contributed by atoms with E-state index in [-0.39, 0.29) is 23.2 Å². The molecule has 1 aromatic heterocycles. The Morgan fingerprint density at radius 1 is 1.18 bits per heavy atom. The second-order valence-electron chi connectivity index (χ2n) is 8.31. The molecule has 3 rings (SSSR count). The molecular formula is C25H30N2O5S. The number of amides is 2. The first-order valence-corrected chi connectivity index (χ1v) is 12.0. The largest absolute Gasteiger partial charge is 0.493 e. The van der Waals surface area contributed by atoms with Crippen LogP contribution in [0.4, 0.5) is 4.79 Å². The molecule has 7 nitrogen and oxygen atoms in total. The lowest BCUT2D eigenvalue weighted by molar-refractivity contribution is -0.148. The van der Waals surface area contributed by atoms with Gasteiger partial charge in [-0.3, -0.25) is 24.7 Å². The van der Waals surface area contributed by atoms with E-state index in [1.165, 1.54) is 0 Å². The van der Waals surface area contributed by atoms with Crippen LogP contribution in [0.15, 0.2) is 42.6 Å². The summed E-state index contributed by atoms with van der Waals surface area (Å²) in [4.78, 5) is 39.7. The minimum Gasteiger partial charge on any atom is -0.493 e. The summed E-state index contributed by atoms with van der Waals surface area (Å²) in [6, 6.07) is 11.4. The van der Waals surface area contributed by atoms with Gasteiger partial charge in [-0.2, -0.15) is 0 Å². The maximum Gasteiger partial charge on any atom is 0.306 e. The third kappa shape index (κ3) is 7.05. The van der Waals surface area contributed by atoms with Gasteiger partial charge in [-0.1, -0.05) is 31.5 Å². The molecule has 176 valence electrons. The van der Waals surface area contributed by atoms with Crippen molar-refractivity contribution in [3.05, 3.63) is 59.4 Å². The Bertz CT molecular complexity index is 977. The summed E-state index contributed by atoms with van der Waals surface area (Å²) in [5, 5.41) is 2.04. The van der Waals surface area contributed by atoms with Gasteiger partial charge in [0, 0.05) is 30.3 Å². The highest BCUT2D eigenvalue weighted by Crippen LogP contribution is 2.34. The van der Waals surface area contributed by atoms with E-state index in [9.17, 15) is 14.4 Å². The van der Waals surface area contributed by atoms with Crippen LogP contribution in [-0.4, -0.2) is 33.5 Å². The highest BCUT2D eigenvalue weighted by Gasteiger charge is 2.43. The molecule has 1 N–H and O–H groups in total. The van der Waals surface area contributed by atoms with Crippen molar-refractivity contribution in [3.63, 3.8) is 0 Å². The zero-order valence-corrected chi connectivity index (χ0v) is 20.1. The monoisotopic (exact) mass is 470 g/mol. The number of pyridine rings is 1. The maximum atomic E-state index is 12.0. The van der Waals surface area contributed by atoms with Crippen LogP contribution < -0.4 is 10.1 Å². The van der Waals surface area contributed by atoms with Crippen molar-refractivity contribution in [2.24, 2.45) is 0 Å². The predicted octanol–water partition coefficient (Wildman–Crippen LogP) is 4.78. The van der Waals surface area contributed by atoms with Gasteiger partial charge in [0.15, 0.2) is 0 Å². The van der Waals surface area contributed by atoms with Gasteiger partial charge in [-0.25, -0.2) is 0 Å². The van der Waals surface area contributed by atoms with Gasteiger partial charge in [0.2, 0.25) is 5.91 Å². The molecule has 8 heteroatoms. The standard InChI is InChI=1S/C25H30N2O5S/c1-4-5-6-22(28)32-17(2)19-9-10-20(26-16-19)13-14-31-21-11-7-18(8-12-21)15-25(3)23(29)27-24(30)33-25/h7-12,16-17H,4-6,13-15H2,1-3H3,(H,27,29,30)/t17?,25-/m0/s1. The average molecular weight is 471 g/mol. The van der Waals surface area contributed by atoms with E-state index in [0.29, 0.717) is 25.9 Å². The fraction of sp³-hybridized carbons (Fsp3) is 0.440. The molecule has 0 spiro atoms. The molecule has 1 aliphatic heterocycles. The zero-order valence-electron chi connectivity index (χ0n) is 19.3. The fourth-order valence-corrected chi connectivity index (χ4v) is 4.39. The molecule has 0 saturated carbocycles. The molecule has 0 bridgehead atoms. The van der Waals surface area contributed by atoms with Crippen molar-refractivity contribution in [1.29, 1.82) is 0 Å². The smallest absolute Gasteiger partial charge is 0.306 e. The maximum absolute atomic E-state index is 12.0. The minimum atomic E-state index is -0.775. The molecule has 1 aromatic carbocycles. The van der Waals surface area contributed by atoms with Crippen molar-refractivity contribution in [3.8, 4) is 5.75 Å². The van der Waals surface area contributed by atoms with E-state index in [1.54, 1.807) is 13.1 Å². The van der Waals surface area contributed by atoms with E-state index in [1.807, 2.05) is 50.2 Å². The second kappa shape index (κ2) is 11.3. The van der Waals surface area contributed by atoms with Crippen LogP contribution in [0, 0.1) is 0 Å². The Kier molecular flexibility index (Phi) is 8.49. The molecule has 2 aromatic rings. The molecular weight excluding hydrogens is 440 g/mol. The van der Waals surface area contributed by atoms with Gasteiger partial charge in [-0.15, -0.1) is 0 Å². The number of rotatable bonds is 11. The van der Waals surface area contributed by atoms with Gasteiger partial charge in [0.05, 0.1) is 6.61 Å². The summed E-state index contributed by atoms with van der Waals surface area (Å²) in [5.74, 6) is 0.300. The van der Waals surface area contributed by atoms with E-state index in [2.05, 4.69) is 10.3 Å². The van der Waals surface area contributed by atoms with E-state index in [0.717, 1.165) is 47.2 Å². The van der Waals surface area contributed by atoms with Gasteiger partial charge < -0.3 is 9.47 Å². The van der Waals surface area contributed by atoms with Crippen LogP contribution in [0.25, 0.3) is 0 Å². The van der Waals surface area contributed by atoms with E-state index < -0.39 is 4.75 Å². The van der Waals surface area contributed by atoms with Crippen molar-refractivity contribution >= 4 is 28.9 Å². The molecule has 2 atom stereocenters. The Labute approximate surface area is 198 Å². The zero-order chi connectivity index (χ0) is 23.8. The summed E-state index contributed by atoms with van der Waals surface area (Å²) in [6.45, 7) is 6.14. The minimum absolute atomic E-state index is 0.180. The van der Waals surface area contributed by atoms with Gasteiger partial charge >= 0.3 is 5.97 Å². The van der Waals surface area contributed by atoms with Crippen LogP contribution in [-0.2, 0) is 27.2 Å². The van der Waals surface area contributed by atoms with Crippen LogP contribution in [0.1, 0.15) is 63.0 Å². The van der Waals surface area contributed by atoms with Gasteiger partial charge in [0.25, 0.3) is 5.24 Å². The molecule has 0 radical (unpaired) electrons. The summed E-state index contributed by atoms with van der Waals surface area (Å²) in [6.07, 6.45) is 4.78. The van der Waals surface area contributed by atoms with Crippen LogP contribution in [0.5, 0.6) is 5.75 Å². The predicted molar refractivity (Wildman–Crippen MR) is 127 cm³/mol. The first kappa shape index (κ1) is 24.8. The third-order valence-corrected chi connectivity index (χ3v) is 6.53. The van der Waals surface area contributed by atoms with E-state index in [4.69, 9.17) is 9.47 Å². The number of nitrogens with one attached hydrogen (secondary N) is 1. The first-order chi connectivity index (χ1) is 15.8. The summed E-state index contributed by atoms with van der Waals surface area (Å²) >= 11 is 1.03. The number of ether oxygens (including phenoxy) is 2. The van der Waals surface area contributed by atoms with E-state index >= 15 is 0 Å². The molecule has 1 aliphatic rings. The quantitative estimate of drug-likeness (QED) is 0.472. The third-order valence-electron chi connectivity index (χ3n) is 5.47. The second-order valence-corrected chi connectivity index (χ2v) is 9.79. The Morgan fingerprint density at radius 2 is 1.94 bits per heavy atom. The number of hydrogen-bond donors (Lipinski definition) is 1. The molecule has 33 heavy (non-hydrogen) atoms. The number of nitrogens with zero attached hydrogens (tertiary/aromatic N) is 1. The number of thioether (sulfide) groups is 1. The Morgan fingerprint density at radius 3 is 2.55 bits per heavy atom. The van der Waals surface area contributed by atoms with Gasteiger partial charge in [-0.05, 0) is 62.2 Å². The average Bonchev–Trinajstić information content (AvgIpc) is 3.04. The topological polar surface area (TPSA) is 94.6 Å².